The van der Waals surface area contributed by atoms with Crippen molar-refractivity contribution >= 4 is 0 Å². The summed E-state index contributed by atoms with van der Waals surface area (Å²) in [6, 6.07) is 3.41. The molecule has 1 aromatic carbocycles. The van der Waals surface area contributed by atoms with Crippen LogP contribution in [0.4, 0.5) is 0 Å². The Labute approximate surface area is 178 Å². The molecule has 1 spiro atoms. The summed E-state index contributed by atoms with van der Waals surface area (Å²) < 4.78 is 0. The molecule has 2 unspecified atom stereocenters. The second-order valence-electron chi connectivity index (χ2n) is 11.2. The largest absolute Gasteiger partial charge is 0.393 e. The van der Waals surface area contributed by atoms with E-state index in [1.54, 1.807) is 11.1 Å². The van der Waals surface area contributed by atoms with Crippen LogP contribution in [0.1, 0.15) is 110 Å². The van der Waals surface area contributed by atoms with Crippen molar-refractivity contribution in [2.45, 2.75) is 115 Å². The third-order valence-electron chi connectivity index (χ3n) is 9.63. The molecule has 160 valence electrons. The minimum atomic E-state index is -0.0862. The molecule has 1 aliphatic heterocycles. The predicted molar refractivity (Wildman–Crippen MR) is 121 cm³/mol. The van der Waals surface area contributed by atoms with E-state index in [0.717, 1.165) is 30.2 Å². The molecule has 5 rings (SSSR count). The van der Waals surface area contributed by atoms with Gasteiger partial charge in [0.2, 0.25) is 0 Å². The first-order valence-corrected chi connectivity index (χ1v) is 12.5. The summed E-state index contributed by atoms with van der Waals surface area (Å²) in [5, 5.41) is 10.2. The van der Waals surface area contributed by atoms with Crippen LogP contribution in [-0.2, 0) is 0 Å². The van der Waals surface area contributed by atoms with Crippen LogP contribution in [0.3, 0.4) is 0 Å². The number of aliphatic hydroxyl groups is 1. The number of piperidine rings is 1. The van der Waals surface area contributed by atoms with E-state index in [4.69, 9.17) is 0 Å². The highest BCUT2D eigenvalue weighted by molar-refractivity contribution is 5.48. The average Bonchev–Trinajstić information content (AvgIpc) is 3.33. The lowest BCUT2D eigenvalue weighted by atomic mass is 9.67. The molecule has 3 aliphatic carbocycles. The van der Waals surface area contributed by atoms with Crippen LogP contribution in [0, 0.1) is 26.2 Å². The van der Waals surface area contributed by atoms with Crippen molar-refractivity contribution in [3.63, 3.8) is 0 Å². The molecule has 0 bridgehead atoms. The van der Waals surface area contributed by atoms with Crippen molar-refractivity contribution in [1.29, 1.82) is 0 Å². The number of rotatable bonds is 3. The van der Waals surface area contributed by atoms with Gasteiger partial charge < -0.3 is 10.0 Å². The van der Waals surface area contributed by atoms with Crippen molar-refractivity contribution < 1.29 is 5.11 Å². The number of benzene rings is 1. The molecule has 1 N–H and O–H groups in total. The van der Waals surface area contributed by atoms with Gasteiger partial charge in [-0.25, -0.2) is 0 Å². The lowest BCUT2D eigenvalue weighted by molar-refractivity contribution is 0.104. The van der Waals surface area contributed by atoms with E-state index >= 15 is 0 Å². The number of nitrogens with zero attached hydrogens (tertiary/aromatic N) is 1. The molecule has 0 radical (unpaired) electrons. The fourth-order valence-corrected chi connectivity index (χ4v) is 7.43. The first kappa shape index (κ1) is 20.1. The zero-order chi connectivity index (χ0) is 20.2. The fraction of sp³-hybridized carbons (Fsp3) is 0.778. The minimum Gasteiger partial charge on any atom is -0.393 e. The Morgan fingerprint density at radius 2 is 1.66 bits per heavy atom. The van der Waals surface area contributed by atoms with Crippen molar-refractivity contribution in [3.8, 4) is 0 Å². The summed E-state index contributed by atoms with van der Waals surface area (Å²) in [7, 11) is 0. The van der Waals surface area contributed by atoms with Crippen molar-refractivity contribution in [2.75, 3.05) is 13.1 Å². The zero-order valence-corrected chi connectivity index (χ0v) is 19.0. The molecule has 1 heterocycles. The molecule has 1 aromatic rings. The Kier molecular flexibility index (Phi) is 5.31. The monoisotopic (exact) mass is 395 g/mol. The van der Waals surface area contributed by atoms with E-state index < -0.39 is 0 Å². The first-order chi connectivity index (χ1) is 14.0. The Morgan fingerprint density at radius 1 is 0.897 bits per heavy atom. The second kappa shape index (κ2) is 7.68. The van der Waals surface area contributed by atoms with Gasteiger partial charge >= 0.3 is 0 Å². The van der Waals surface area contributed by atoms with Gasteiger partial charge in [-0.05, 0) is 143 Å². The Balaban J connectivity index is 1.32. The van der Waals surface area contributed by atoms with Gasteiger partial charge in [-0.3, -0.25) is 0 Å². The first-order valence-electron chi connectivity index (χ1n) is 12.5. The van der Waals surface area contributed by atoms with Gasteiger partial charge in [0.05, 0.1) is 6.10 Å². The van der Waals surface area contributed by atoms with E-state index in [9.17, 15) is 5.11 Å². The van der Waals surface area contributed by atoms with Gasteiger partial charge in [0.25, 0.3) is 0 Å². The smallest absolute Gasteiger partial charge is 0.0546 e. The summed E-state index contributed by atoms with van der Waals surface area (Å²) in [5.74, 6) is 1.29. The van der Waals surface area contributed by atoms with E-state index in [2.05, 4.69) is 31.7 Å². The highest BCUT2D eigenvalue weighted by Crippen LogP contribution is 2.54. The van der Waals surface area contributed by atoms with Crippen LogP contribution in [0.15, 0.2) is 6.07 Å². The highest BCUT2D eigenvalue weighted by atomic mass is 16.3. The predicted octanol–water partition coefficient (Wildman–Crippen LogP) is 6.14. The number of aliphatic hydroxyl groups excluding tert-OH is 1. The number of hydrogen-bond donors (Lipinski definition) is 1. The molecule has 1 saturated heterocycles. The van der Waals surface area contributed by atoms with Gasteiger partial charge in [-0.1, -0.05) is 12.5 Å². The van der Waals surface area contributed by atoms with E-state index in [-0.39, 0.29) is 6.10 Å². The molecular weight excluding hydrogens is 354 g/mol. The van der Waals surface area contributed by atoms with Gasteiger partial charge in [0, 0.05) is 6.04 Å². The van der Waals surface area contributed by atoms with Gasteiger partial charge in [-0.15, -0.1) is 0 Å². The molecule has 0 aromatic heterocycles. The Morgan fingerprint density at radius 3 is 2.24 bits per heavy atom. The molecular formula is C27H41NO. The SMILES string of the molecule is Cc1cc(C2CCN([C@@H]3CCC4(CCC4)C3)CC2)c(C2CCC(O)C2)c(C)c1C. The maximum atomic E-state index is 10.2. The van der Waals surface area contributed by atoms with E-state index in [1.165, 1.54) is 87.6 Å². The van der Waals surface area contributed by atoms with Gasteiger partial charge in [0.1, 0.15) is 0 Å². The average molecular weight is 396 g/mol. The summed E-state index contributed by atoms with van der Waals surface area (Å²) in [6.45, 7) is 9.53. The molecule has 4 fully saturated rings. The van der Waals surface area contributed by atoms with Gasteiger partial charge in [0.15, 0.2) is 0 Å². The lowest BCUT2D eigenvalue weighted by Crippen LogP contribution is -2.41. The van der Waals surface area contributed by atoms with Crippen LogP contribution in [0.5, 0.6) is 0 Å². The van der Waals surface area contributed by atoms with Crippen molar-refractivity contribution in [2.24, 2.45) is 5.41 Å². The minimum absolute atomic E-state index is 0.0862. The van der Waals surface area contributed by atoms with Crippen LogP contribution in [-0.4, -0.2) is 35.2 Å². The summed E-state index contributed by atoms with van der Waals surface area (Å²) in [4.78, 5) is 2.86. The van der Waals surface area contributed by atoms with Crippen molar-refractivity contribution in [3.05, 3.63) is 33.9 Å². The topological polar surface area (TPSA) is 23.5 Å². The van der Waals surface area contributed by atoms with Crippen molar-refractivity contribution in [1.82, 2.24) is 4.90 Å². The fourth-order valence-electron chi connectivity index (χ4n) is 7.43. The molecule has 3 atom stereocenters. The molecule has 4 aliphatic rings. The highest BCUT2D eigenvalue weighted by Gasteiger charge is 2.45. The van der Waals surface area contributed by atoms with Crippen LogP contribution in [0.25, 0.3) is 0 Å². The second-order valence-corrected chi connectivity index (χ2v) is 11.2. The Hall–Kier alpha value is -0.860. The maximum Gasteiger partial charge on any atom is 0.0546 e. The van der Waals surface area contributed by atoms with E-state index in [1.807, 2.05) is 0 Å². The van der Waals surface area contributed by atoms with Gasteiger partial charge in [-0.2, -0.15) is 0 Å². The molecule has 2 heteroatoms. The summed E-state index contributed by atoms with van der Waals surface area (Å²) >= 11 is 0. The quantitative estimate of drug-likeness (QED) is 0.664. The number of aryl methyl sites for hydroxylation is 1. The standard InChI is InChI=1S/C27H41NO/c1-18-15-25(26(20(3)19(18)2)22-5-6-24(29)16-22)21-8-13-28(14-9-21)23-7-12-27(17-23)10-4-11-27/h15,21-24,29H,4-14,16-17H2,1-3H3/t22?,23-,24?/m1/s1. The molecule has 3 saturated carbocycles. The van der Waals surface area contributed by atoms with Crippen LogP contribution < -0.4 is 0 Å². The molecule has 29 heavy (non-hydrogen) atoms. The number of hydrogen-bond acceptors (Lipinski definition) is 2. The maximum absolute atomic E-state index is 10.2. The van der Waals surface area contributed by atoms with Crippen LogP contribution in [0.2, 0.25) is 0 Å². The Bertz CT molecular complexity index is 756. The summed E-state index contributed by atoms with van der Waals surface area (Å²) in [5.41, 5.74) is 8.49. The molecule has 2 nitrogen and oxygen atoms in total. The normalized spacial score (nSPS) is 32.8. The summed E-state index contributed by atoms with van der Waals surface area (Å²) in [6.07, 6.45) is 14.7. The molecule has 0 amide bonds. The van der Waals surface area contributed by atoms with E-state index in [0.29, 0.717) is 5.92 Å². The van der Waals surface area contributed by atoms with Crippen LogP contribution >= 0.6 is 0 Å². The zero-order valence-electron chi connectivity index (χ0n) is 19.0. The number of likely N-dealkylation sites (tertiary alicyclic amines) is 1. The third kappa shape index (κ3) is 3.59. The third-order valence-corrected chi connectivity index (χ3v) is 9.63. The lowest BCUT2D eigenvalue weighted by Gasteiger charge is -2.41.